The molecule has 0 unspecified atom stereocenters. The molecule has 8 heteroatoms. The zero-order chi connectivity index (χ0) is 13.7. The van der Waals surface area contributed by atoms with Crippen molar-refractivity contribution >= 4 is 23.5 Å². The first kappa shape index (κ1) is 13.4. The highest BCUT2D eigenvalue weighted by Crippen LogP contribution is 2.22. The maximum atomic E-state index is 10.7. The number of rotatable bonds is 4. The molecule has 0 bridgehead atoms. The van der Waals surface area contributed by atoms with E-state index in [1.807, 2.05) is 14.1 Å². The van der Waals surface area contributed by atoms with Gasteiger partial charge in [0.2, 0.25) is 5.96 Å². The van der Waals surface area contributed by atoms with Crippen LogP contribution in [0.5, 0.6) is 0 Å². The van der Waals surface area contributed by atoms with Crippen LogP contribution in [-0.2, 0) is 0 Å². The minimum Gasteiger partial charge on any atom is -0.377 e. The van der Waals surface area contributed by atoms with Crippen LogP contribution in [-0.4, -0.2) is 31.2 Å². The highest BCUT2D eigenvalue weighted by Gasteiger charge is 2.10. The molecule has 8 nitrogen and oxygen atoms in total. The zero-order valence-corrected chi connectivity index (χ0v) is 10.1. The molecule has 1 rings (SSSR count). The van der Waals surface area contributed by atoms with E-state index in [9.17, 15) is 10.1 Å². The molecule has 96 valence electrons. The first-order chi connectivity index (χ1) is 8.41. The first-order valence-electron chi connectivity index (χ1n) is 4.99. The highest BCUT2D eigenvalue weighted by atomic mass is 16.6. The number of benzene rings is 1. The van der Waals surface area contributed by atoms with Crippen molar-refractivity contribution in [2.24, 2.45) is 21.7 Å². The Morgan fingerprint density at radius 2 is 2.11 bits per heavy atom. The minimum atomic E-state index is -0.475. The monoisotopic (exact) mass is 250 g/mol. The number of guanidine groups is 1. The van der Waals surface area contributed by atoms with Crippen molar-refractivity contribution in [1.29, 1.82) is 0 Å². The van der Waals surface area contributed by atoms with E-state index < -0.39 is 4.92 Å². The second-order valence-electron chi connectivity index (χ2n) is 3.66. The van der Waals surface area contributed by atoms with Crippen LogP contribution >= 0.6 is 0 Å². The predicted molar refractivity (Wildman–Crippen MR) is 70.8 cm³/mol. The molecule has 0 aliphatic carbocycles. The number of hydrogen-bond donors (Lipinski definition) is 2. The molecule has 0 aliphatic heterocycles. The van der Waals surface area contributed by atoms with Crippen LogP contribution in [0.2, 0.25) is 0 Å². The lowest BCUT2D eigenvalue weighted by molar-refractivity contribution is -0.384. The summed E-state index contributed by atoms with van der Waals surface area (Å²) >= 11 is 0. The van der Waals surface area contributed by atoms with E-state index in [0.29, 0.717) is 5.56 Å². The molecule has 1 aromatic rings. The summed E-state index contributed by atoms with van der Waals surface area (Å²) in [6.07, 6.45) is 1.36. The van der Waals surface area contributed by atoms with Crippen molar-refractivity contribution in [2.45, 2.75) is 0 Å². The van der Waals surface area contributed by atoms with Crippen molar-refractivity contribution < 1.29 is 4.92 Å². The van der Waals surface area contributed by atoms with Crippen LogP contribution in [0.25, 0.3) is 0 Å². The minimum absolute atomic E-state index is 0.0215. The molecule has 0 fully saturated rings. The maximum Gasteiger partial charge on any atom is 0.270 e. The lowest BCUT2D eigenvalue weighted by atomic mass is 10.1. The predicted octanol–water partition coefficient (Wildman–Crippen LogP) is 0.268. The molecule has 0 heterocycles. The number of non-ortho nitro benzene ring substituents is 1. The second kappa shape index (κ2) is 5.62. The third kappa shape index (κ3) is 3.44. The Morgan fingerprint density at radius 3 is 2.61 bits per heavy atom. The van der Waals surface area contributed by atoms with Gasteiger partial charge >= 0.3 is 0 Å². The van der Waals surface area contributed by atoms with Crippen molar-refractivity contribution in [3.05, 3.63) is 33.9 Å². The third-order valence-corrected chi connectivity index (χ3v) is 2.07. The molecule has 0 amide bonds. The molecule has 0 saturated carbocycles. The Balaban J connectivity index is 3.19. The Hall–Kier alpha value is -2.64. The highest BCUT2D eigenvalue weighted by molar-refractivity contribution is 5.89. The smallest absolute Gasteiger partial charge is 0.270 e. The van der Waals surface area contributed by atoms with Crippen molar-refractivity contribution in [3.63, 3.8) is 0 Å². The number of nitro benzene ring substituents is 1. The van der Waals surface area contributed by atoms with E-state index in [-0.39, 0.29) is 11.6 Å². The van der Waals surface area contributed by atoms with Gasteiger partial charge in [0, 0.05) is 37.5 Å². The summed E-state index contributed by atoms with van der Waals surface area (Å²) in [5, 5.41) is 17.8. The standard InChI is InChI=1S/C10H14N6O2/c1-15(2)9-4-3-8(16(17)18)5-7(9)6-13-14-10(11)12/h3-6H,1-2H3,(H4,11,12,14). The van der Waals surface area contributed by atoms with Gasteiger partial charge in [0.15, 0.2) is 0 Å². The van der Waals surface area contributed by atoms with E-state index in [4.69, 9.17) is 11.5 Å². The molecular formula is C10H14N6O2. The Kier molecular flexibility index (Phi) is 4.19. The first-order valence-corrected chi connectivity index (χ1v) is 4.99. The van der Waals surface area contributed by atoms with Gasteiger partial charge in [-0.05, 0) is 6.07 Å². The summed E-state index contributed by atoms with van der Waals surface area (Å²) in [7, 11) is 3.64. The van der Waals surface area contributed by atoms with Crippen LogP contribution < -0.4 is 16.4 Å². The second-order valence-corrected chi connectivity index (χ2v) is 3.66. The quantitative estimate of drug-likeness (QED) is 0.343. The number of nitrogens with zero attached hydrogens (tertiary/aromatic N) is 4. The Morgan fingerprint density at radius 1 is 1.44 bits per heavy atom. The lowest BCUT2D eigenvalue weighted by Gasteiger charge is -2.14. The van der Waals surface area contributed by atoms with Crippen LogP contribution in [0.1, 0.15) is 5.56 Å². The van der Waals surface area contributed by atoms with Crippen molar-refractivity contribution in [1.82, 2.24) is 0 Å². The summed E-state index contributed by atoms with van der Waals surface area (Å²) in [5.41, 5.74) is 11.6. The van der Waals surface area contributed by atoms with Gasteiger partial charge in [-0.3, -0.25) is 10.1 Å². The Bertz CT molecular complexity index is 505. The van der Waals surface area contributed by atoms with Gasteiger partial charge in [0.1, 0.15) is 0 Å². The number of nitrogens with two attached hydrogens (primary N) is 2. The summed E-state index contributed by atoms with van der Waals surface area (Å²) in [6.45, 7) is 0. The van der Waals surface area contributed by atoms with Gasteiger partial charge in [0.05, 0.1) is 11.1 Å². The van der Waals surface area contributed by atoms with E-state index in [1.165, 1.54) is 18.3 Å². The summed E-state index contributed by atoms with van der Waals surface area (Å²) < 4.78 is 0. The molecule has 0 atom stereocenters. The Labute approximate surface area is 104 Å². The molecule has 0 spiro atoms. The SMILES string of the molecule is CN(C)c1ccc([N+](=O)[O-])cc1C=NN=C(N)N. The number of anilines is 1. The van der Waals surface area contributed by atoms with Gasteiger partial charge in [-0.15, -0.1) is 5.10 Å². The molecule has 1 aromatic carbocycles. The fourth-order valence-electron chi connectivity index (χ4n) is 1.32. The fourth-order valence-corrected chi connectivity index (χ4v) is 1.32. The fraction of sp³-hybridized carbons (Fsp3) is 0.200. The largest absolute Gasteiger partial charge is 0.377 e. The molecule has 0 saturated heterocycles. The lowest BCUT2D eigenvalue weighted by Crippen LogP contribution is -2.21. The van der Waals surface area contributed by atoms with Crippen LogP contribution in [0.3, 0.4) is 0 Å². The van der Waals surface area contributed by atoms with Gasteiger partial charge in [-0.25, -0.2) is 0 Å². The van der Waals surface area contributed by atoms with Crippen LogP contribution in [0.4, 0.5) is 11.4 Å². The number of nitro groups is 1. The summed E-state index contributed by atoms with van der Waals surface area (Å²) in [6, 6.07) is 4.46. The average Bonchev–Trinajstić information content (AvgIpc) is 2.27. The van der Waals surface area contributed by atoms with Crippen molar-refractivity contribution in [3.8, 4) is 0 Å². The van der Waals surface area contributed by atoms with Crippen molar-refractivity contribution in [2.75, 3.05) is 19.0 Å². The van der Waals surface area contributed by atoms with E-state index in [0.717, 1.165) is 5.69 Å². The van der Waals surface area contributed by atoms with Gasteiger partial charge in [-0.2, -0.15) is 5.10 Å². The summed E-state index contributed by atoms with van der Waals surface area (Å²) in [5.74, 6) is -0.178. The third-order valence-electron chi connectivity index (χ3n) is 2.07. The molecule has 0 aromatic heterocycles. The molecule has 4 N–H and O–H groups in total. The zero-order valence-electron chi connectivity index (χ0n) is 10.1. The van der Waals surface area contributed by atoms with Gasteiger partial charge in [0.25, 0.3) is 5.69 Å². The van der Waals surface area contributed by atoms with E-state index in [2.05, 4.69) is 10.2 Å². The van der Waals surface area contributed by atoms with E-state index >= 15 is 0 Å². The van der Waals surface area contributed by atoms with E-state index in [1.54, 1.807) is 11.0 Å². The molecule has 0 radical (unpaired) electrons. The topological polar surface area (TPSA) is 123 Å². The number of hydrogen-bond acceptors (Lipinski definition) is 5. The van der Waals surface area contributed by atoms with Crippen LogP contribution in [0, 0.1) is 10.1 Å². The normalized spacial score (nSPS) is 10.3. The molecular weight excluding hydrogens is 236 g/mol. The summed E-state index contributed by atoms with van der Waals surface area (Å²) in [4.78, 5) is 12.0. The molecule has 0 aliphatic rings. The van der Waals surface area contributed by atoms with Gasteiger partial charge in [-0.1, -0.05) is 0 Å². The molecule has 18 heavy (non-hydrogen) atoms. The van der Waals surface area contributed by atoms with Crippen LogP contribution in [0.15, 0.2) is 28.4 Å². The van der Waals surface area contributed by atoms with Gasteiger partial charge < -0.3 is 16.4 Å². The maximum absolute atomic E-state index is 10.7. The average molecular weight is 250 g/mol.